The Bertz CT molecular complexity index is 268. The summed E-state index contributed by atoms with van der Waals surface area (Å²) in [5.74, 6) is 0.143. The summed E-state index contributed by atoms with van der Waals surface area (Å²) in [6.45, 7) is 3.59. The zero-order valence-electron chi connectivity index (χ0n) is 6.25. The maximum absolute atomic E-state index is 9.17. The number of nitrogen functional groups attached to an aromatic ring is 1. The van der Waals surface area contributed by atoms with Crippen LogP contribution in [-0.4, -0.2) is 5.11 Å². The Morgan fingerprint density at radius 1 is 1.55 bits per heavy atom. The Labute approximate surface area is 66.0 Å². The molecule has 0 aliphatic heterocycles. The first-order valence-corrected chi connectivity index (χ1v) is 3.43. The fraction of sp³-hybridized carbons (Fsp3) is 0.111. The molecule has 0 atom stereocenters. The summed E-state index contributed by atoms with van der Waals surface area (Å²) >= 11 is 0. The van der Waals surface area contributed by atoms with Crippen molar-refractivity contribution in [2.75, 3.05) is 5.73 Å². The van der Waals surface area contributed by atoms with E-state index in [0.29, 0.717) is 12.1 Å². The van der Waals surface area contributed by atoms with Crippen molar-refractivity contribution in [3.8, 4) is 5.75 Å². The maximum atomic E-state index is 9.17. The summed E-state index contributed by atoms with van der Waals surface area (Å²) in [5.41, 5.74) is 6.94. The predicted molar refractivity (Wildman–Crippen MR) is 46.4 cm³/mol. The third-order valence-electron chi connectivity index (χ3n) is 1.54. The van der Waals surface area contributed by atoms with Crippen LogP contribution < -0.4 is 5.73 Å². The van der Waals surface area contributed by atoms with Crippen molar-refractivity contribution in [1.82, 2.24) is 0 Å². The fourth-order valence-electron chi connectivity index (χ4n) is 0.933. The van der Waals surface area contributed by atoms with E-state index in [-0.39, 0.29) is 5.75 Å². The fourth-order valence-corrected chi connectivity index (χ4v) is 0.933. The second-order valence-corrected chi connectivity index (χ2v) is 2.34. The Balaban J connectivity index is 3.05. The SMILES string of the molecule is C=CCc1cccc(O)c1N. The number of hydrogen-bond acceptors (Lipinski definition) is 2. The lowest BCUT2D eigenvalue weighted by Gasteiger charge is -2.03. The van der Waals surface area contributed by atoms with Gasteiger partial charge >= 0.3 is 0 Å². The van der Waals surface area contributed by atoms with E-state index in [4.69, 9.17) is 10.8 Å². The number of hydrogen-bond donors (Lipinski definition) is 2. The highest BCUT2D eigenvalue weighted by Gasteiger charge is 1.99. The van der Waals surface area contributed by atoms with Gasteiger partial charge in [-0.2, -0.15) is 0 Å². The van der Waals surface area contributed by atoms with Gasteiger partial charge in [0.05, 0.1) is 5.69 Å². The largest absolute Gasteiger partial charge is 0.506 e. The van der Waals surface area contributed by atoms with E-state index in [9.17, 15) is 0 Å². The molecule has 1 rings (SSSR count). The summed E-state index contributed by atoms with van der Waals surface area (Å²) < 4.78 is 0. The molecule has 0 aliphatic carbocycles. The molecule has 58 valence electrons. The molecule has 0 fully saturated rings. The normalized spacial score (nSPS) is 9.45. The van der Waals surface area contributed by atoms with Gasteiger partial charge in [-0.1, -0.05) is 18.2 Å². The Morgan fingerprint density at radius 3 is 2.91 bits per heavy atom. The number of benzene rings is 1. The van der Waals surface area contributed by atoms with Gasteiger partial charge < -0.3 is 10.8 Å². The van der Waals surface area contributed by atoms with Gasteiger partial charge in [-0.25, -0.2) is 0 Å². The van der Waals surface area contributed by atoms with Gasteiger partial charge in [0.25, 0.3) is 0 Å². The number of anilines is 1. The third-order valence-corrected chi connectivity index (χ3v) is 1.54. The van der Waals surface area contributed by atoms with Crippen molar-refractivity contribution >= 4 is 5.69 Å². The molecule has 0 amide bonds. The first kappa shape index (κ1) is 7.66. The van der Waals surface area contributed by atoms with E-state index in [0.717, 1.165) is 5.56 Å². The lowest BCUT2D eigenvalue weighted by atomic mass is 10.1. The molecule has 2 heteroatoms. The molecule has 0 spiro atoms. The smallest absolute Gasteiger partial charge is 0.138 e. The molecule has 3 N–H and O–H groups in total. The average molecular weight is 149 g/mol. The van der Waals surface area contributed by atoms with Crippen LogP contribution in [-0.2, 0) is 6.42 Å². The highest BCUT2D eigenvalue weighted by atomic mass is 16.3. The first-order chi connectivity index (χ1) is 5.25. The van der Waals surface area contributed by atoms with Crippen molar-refractivity contribution < 1.29 is 5.11 Å². The third kappa shape index (κ3) is 1.52. The number of aromatic hydroxyl groups is 1. The zero-order chi connectivity index (χ0) is 8.27. The van der Waals surface area contributed by atoms with Crippen LogP contribution in [0.2, 0.25) is 0 Å². The van der Waals surface area contributed by atoms with Crippen LogP contribution in [0.15, 0.2) is 30.9 Å². The van der Waals surface area contributed by atoms with Gasteiger partial charge in [0, 0.05) is 0 Å². The number of nitrogens with two attached hydrogens (primary N) is 1. The molecule has 0 saturated carbocycles. The van der Waals surface area contributed by atoms with Gasteiger partial charge in [-0.05, 0) is 18.1 Å². The molecule has 0 heterocycles. The van der Waals surface area contributed by atoms with Gasteiger partial charge in [0.1, 0.15) is 5.75 Å². The van der Waals surface area contributed by atoms with Crippen LogP contribution in [0.3, 0.4) is 0 Å². The predicted octanol–water partition coefficient (Wildman–Crippen LogP) is 1.70. The van der Waals surface area contributed by atoms with Gasteiger partial charge in [0.2, 0.25) is 0 Å². The van der Waals surface area contributed by atoms with Crippen molar-refractivity contribution in [3.05, 3.63) is 36.4 Å². The second-order valence-electron chi connectivity index (χ2n) is 2.34. The van der Waals surface area contributed by atoms with Gasteiger partial charge in [-0.3, -0.25) is 0 Å². The number of allylic oxidation sites excluding steroid dienone is 1. The Hall–Kier alpha value is -1.44. The molecule has 0 radical (unpaired) electrons. The van der Waals surface area contributed by atoms with Crippen LogP contribution in [0, 0.1) is 0 Å². The molecular formula is C9H11NO. The summed E-state index contributed by atoms with van der Waals surface area (Å²) in [7, 11) is 0. The minimum absolute atomic E-state index is 0.143. The van der Waals surface area contributed by atoms with Crippen LogP contribution in [0.4, 0.5) is 5.69 Å². The Kier molecular flexibility index (Phi) is 2.16. The van der Waals surface area contributed by atoms with Gasteiger partial charge in [0.15, 0.2) is 0 Å². The Morgan fingerprint density at radius 2 is 2.27 bits per heavy atom. The summed E-state index contributed by atoms with van der Waals surface area (Å²) in [5, 5.41) is 9.17. The topological polar surface area (TPSA) is 46.2 Å². The first-order valence-electron chi connectivity index (χ1n) is 3.43. The molecule has 0 bridgehead atoms. The number of para-hydroxylation sites is 1. The molecule has 0 aliphatic rings. The van der Waals surface area contributed by atoms with E-state index in [2.05, 4.69) is 6.58 Å². The standard InChI is InChI=1S/C9H11NO/c1-2-4-7-5-3-6-8(11)9(7)10/h2-3,5-6,11H,1,4,10H2. The van der Waals surface area contributed by atoms with Crippen molar-refractivity contribution in [2.45, 2.75) is 6.42 Å². The minimum Gasteiger partial charge on any atom is -0.506 e. The molecule has 0 unspecified atom stereocenters. The van der Waals surface area contributed by atoms with E-state index in [1.807, 2.05) is 6.07 Å². The molecule has 1 aromatic rings. The molecule has 0 saturated heterocycles. The summed E-state index contributed by atoms with van der Waals surface area (Å²) in [4.78, 5) is 0. The van der Waals surface area contributed by atoms with E-state index < -0.39 is 0 Å². The van der Waals surface area contributed by atoms with Crippen LogP contribution in [0.5, 0.6) is 5.75 Å². The monoisotopic (exact) mass is 149 g/mol. The van der Waals surface area contributed by atoms with Crippen LogP contribution in [0.1, 0.15) is 5.56 Å². The second kappa shape index (κ2) is 3.10. The average Bonchev–Trinajstić information content (AvgIpc) is 1.99. The number of phenols is 1. The highest BCUT2D eigenvalue weighted by Crippen LogP contribution is 2.23. The molecule has 1 aromatic carbocycles. The number of phenolic OH excluding ortho intramolecular Hbond substituents is 1. The molecular weight excluding hydrogens is 138 g/mol. The summed E-state index contributed by atoms with van der Waals surface area (Å²) in [6, 6.07) is 5.21. The van der Waals surface area contributed by atoms with Crippen molar-refractivity contribution in [1.29, 1.82) is 0 Å². The summed E-state index contributed by atoms with van der Waals surface area (Å²) in [6.07, 6.45) is 2.45. The lowest BCUT2D eigenvalue weighted by molar-refractivity contribution is 0.477. The van der Waals surface area contributed by atoms with Gasteiger partial charge in [-0.15, -0.1) is 6.58 Å². The van der Waals surface area contributed by atoms with E-state index in [1.54, 1.807) is 18.2 Å². The number of rotatable bonds is 2. The zero-order valence-corrected chi connectivity index (χ0v) is 6.25. The quantitative estimate of drug-likeness (QED) is 0.382. The van der Waals surface area contributed by atoms with E-state index >= 15 is 0 Å². The highest BCUT2D eigenvalue weighted by molar-refractivity contribution is 5.57. The molecule has 0 aromatic heterocycles. The molecule has 2 nitrogen and oxygen atoms in total. The lowest BCUT2D eigenvalue weighted by Crippen LogP contribution is -1.92. The van der Waals surface area contributed by atoms with Crippen LogP contribution >= 0.6 is 0 Å². The van der Waals surface area contributed by atoms with Crippen LogP contribution in [0.25, 0.3) is 0 Å². The van der Waals surface area contributed by atoms with E-state index in [1.165, 1.54) is 0 Å². The van der Waals surface area contributed by atoms with Crippen molar-refractivity contribution in [2.24, 2.45) is 0 Å². The maximum Gasteiger partial charge on any atom is 0.138 e. The molecule has 11 heavy (non-hydrogen) atoms. The van der Waals surface area contributed by atoms with Crippen molar-refractivity contribution in [3.63, 3.8) is 0 Å². The minimum atomic E-state index is 0.143.